The van der Waals surface area contributed by atoms with Gasteiger partial charge in [0.05, 0.1) is 0 Å². The highest BCUT2D eigenvalue weighted by atomic mass is 16.1. The lowest BCUT2D eigenvalue weighted by molar-refractivity contribution is 0.0978. The molecule has 1 aromatic rings. The summed E-state index contributed by atoms with van der Waals surface area (Å²) < 4.78 is 0. The molecule has 0 bridgehead atoms. The molecule has 0 atom stereocenters. The standard InChI is InChI=1S/C15H22O/c1-5-6-7-8-15(16)14-10-9-11(2)12(3)13(14)4/h9-10H,5-8H2,1-4H3. The predicted octanol–water partition coefficient (Wildman–Crippen LogP) is 4.37. The Balaban J connectivity index is 2.80. The third-order valence-corrected chi connectivity index (χ3v) is 3.37. The van der Waals surface area contributed by atoms with E-state index in [4.69, 9.17) is 0 Å². The van der Waals surface area contributed by atoms with Crippen LogP contribution in [0.5, 0.6) is 0 Å². The topological polar surface area (TPSA) is 17.1 Å². The first-order valence-corrected chi connectivity index (χ1v) is 6.18. The van der Waals surface area contributed by atoms with Crippen LogP contribution in [0.3, 0.4) is 0 Å². The number of unbranched alkanes of at least 4 members (excludes halogenated alkanes) is 2. The summed E-state index contributed by atoms with van der Waals surface area (Å²) in [6.07, 6.45) is 4.02. The Bertz CT molecular complexity index is 377. The zero-order chi connectivity index (χ0) is 12.1. The van der Waals surface area contributed by atoms with Gasteiger partial charge in [-0.25, -0.2) is 0 Å². The molecule has 0 heterocycles. The van der Waals surface area contributed by atoms with E-state index in [1.54, 1.807) is 0 Å². The van der Waals surface area contributed by atoms with Gasteiger partial charge >= 0.3 is 0 Å². The Morgan fingerprint density at radius 1 is 1.06 bits per heavy atom. The molecule has 0 saturated heterocycles. The quantitative estimate of drug-likeness (QED) is 0.529. The number of rotatable bonds is 5. The molecule has 0 saturated carbocycles. The highest BCUT2D eigenvalue weighted by Crippen LogP contribution is 2.19. The third kappa shape index (κ3) is 2.94. The number of hydrogen-bond donors (Lipinski definition) is 0. The fourth-order valence-corrected chi connectivity index (χ4v) is 1.93. The van der Waals surface area contributed by atoms with Crippen molar-refractivity contribution in [2.75, 3.05) is 0 Å². The lowest BCUT2D eigenvalue weighted by Crippen LogP contribution is -2.04. The van der Waals surface area contributed by atoms with E-state index in [9.17, 15) is 4.79 Å². The van der Waals surface area contributed by atoms with Crippen LogP contribution in [0.2, 0.25) is 0 Å². The van der Waals surface area contributed by atoms with E-state index in [0.29, 0.717) is 12.2 Å². The Morgan fingerprint density at radius 3 is 2.38 bits per heavy atom. The van der Waals surface area contributed by atoms with Crippen LogP contribution in [0.25, 0.3) is 0 Å². The summed E-state index contributed by atoms with van der Waals surface area (Å²) in [5.41, 5.74) is 4.59. The van der Waals surface area contributed by atoms with Crippen LogP contribution < -0.4 is 0 Å². The molecular weight excluding hydrogens is 196 g/mol. The van der Waals surface area contributed by atoms with Crippen molar-refractivity contribution in [2.24, 2.45) is 0 Å². The first kappa shape index (κ1) is 13.0. The fourth-order valence-electron chi connectivity index (χ4n) is 1.93. The Labute approximate surface area is 98.9 Å². The van der Waals surface area contributed by atoms with Crippen molar-refractivity contribution in [2.45, 2.75) is 53.4 Å². The minimum Gasteiger partial charge on any atom is -0.294 e. The number of carbonyl (C=O) groups excluding carboxylic acids is 1. The average molecular weight is 218 g/mol. The van der Waals surface area contributed by atoms with Crippen LogP contribution >= 0.6 is 0 Å². The van der Waals surface area contributed by atoms with Crippen molar-refractivity contribution in [1.82, 2.24) is 0 Å². The molecule has 0 aromatic heterocycles. The first-order valence-electron chi connectivity index (χ1n) is 6.18. The van der Waals surface area contributed by atoms with Crippen molar-refractivity contribution < 1.29 is 4.79 Å². The summed E-state index contributed by atoms with van der Waals surface area (Å²) in [5.74, 6) is 0.300. The summed E-state index contributed by atoms with van der Waals surface area (Å²) in [5, 5.41) is 0. The van der Waals surface area contributed by atoms with Crippen LogP contribution in [-0.4, -0.2) is 5.78 Å². The maximum atomic E-state index is 12.0. The molecule has 16 heavy (non-hydrogen) atoms. The second kappa shape index (κ2) is 5.83. The molecule has 0 amide bonds. The molecule has 0 unspecified atom stereocenters. The van der Waals surface area contributed by atoms with Crippen molar-refractivity contribution in [3.63, 3.8) is 0 Å². The Kier molecular flexibility index (Phi) is 4.72. The summed E-state index contributed by atoms with van der Waals surface area (Å²) >= 11 is 0. The van der Waals surface area contributed by atoms with Gasteiger partial charge in [-0.2, -0.15) is 0 Å². The molecule has 0 aliphatic rings. The molecule has 0 spiro atoms. The summed E-state index contributed by atoms with van der Waals surface area (Å²) in [4.78, 5) is 12.0. The van der Waals surface area contributed by atoms with E-state index in [1.165, 1.54) is 17.5 Å². The van der Waals surface area contributed by atoms with E-state index in [2.05, 4.69) is 33.8 Å². The van der Waals surface area contributed by atoms with Gasteiger partial charge in [0.2, 0.25) is 0 Å². The van der Waals surface area contributed by atoms with Gasteiger partial charge in [-0.1, -0.05) is 31.9 Å². The predicted molar refractivity (Wildman–Crippen MR) is 69.1 cm³/mol. The van der Waals surface area contributed by atoms with Gasteiger partial charge in [-0.05, 0) is 43.9 Å². The number of hydrogen-bond acceptors (Lipinski definition) is 1. The summed E-state index contributed by atoms with van der Waals surface area (Å²) in [6, 6.07) is 4.03. The van der Waals surface area contributed by atoms with Gasteiger partial charge in [0, 0.05) is 12.0 Å². The fraction of sp³-hybridized carbons (Fsp3) is 0.533. The molecule has 0 radical (unpaired) electrons. The van der Waals surface area contributed by atoms with Gasteiger partial charge in [0.25, 0.3) is 0 Å². The van der Waals surface area contributed by atoms with Crippen molar-refractivity contribution in [3.05, 3.63) is 34.4 Å². The molecule has 1 aromatic carbocycles. The highest BCUT2D eigenvalue weighted by Gasteiger charge is 2.10. The van der Waals surface area contributed by atoms with Crippen molar-refractivity contribution in [1.29, 1.82) is 0 Å². The molecule has 0 N–H and O–H groups in total. The molecule has 0 aliphatic carbocycles. The van der Waals surface area contributed by atoms with Crippen LogP contribution in [0.15, 0.2) is 12.1 Å². The Morgan fingerprint density at radius 2 is 1.75 bits per heavy atom. The Hall–Kier alpha value is -1.11. The third-order valence-electron chi connectivity index (χ3n) is 3.37. The van der Waals surface area contributed by atoms with Gasteiger partial charge < -0.3 is 0 Å². The SMILES string of the molecule is CCCCCC(=O)c1ccc(C)c(C)c1C. The number of carbonyl (C=O) groups is 1. The first-order chi connectivity index (χ1) is 7.57. The second-order valence-electron chi connectivity index (χ2n) is 4.56. The van der Waals surface area contributed by atoms with E-state index in [1.807, 2.05) is 6.07 Å². The van der Waals surface area contributed by atoms with Crippen molar-refractivity contribution in [3.8, 4) is 0 Å². The molecule has 0 aliphatic heterocycles. The molecule has 88 valence electrons. The maximum Gasteiger partial charge on any atom is 0.163 e. The van der Waals surface area contributed by atoms with Crippen LogP contribution in [0, 0.1) is 20.8 Å². The smallest absolute Gasteiger partial charge is 0.163 e. The minimum atomic E-state index is 0.300. The average Bonchev–Trinajstić information content (AvgIpc) is 2.26. The van der Waals surface area contributed by atoms with Crippen LogP contribution in [0.4, 0.5) is 0 Å². The van der Waals surface area contributed by atoms with Gasteiger partial charge in [0.15, 0.2) is 5.78 Å². The number of Topliss-reactive ketones (excluding diaryl/α,β-unsaturated/α-hetero) is 1. The molecular formula is C15H22O. The van der Waals surface area contributed by atoms with E-state index < -0.39 is 0 Å². The minimum absolute atomic E-state index is 0.300. The van der Waals surface area contributed by atoms with Gasteiger partial charge in [-0.3, -0.25) is 4.79 Å². The van der Waals surface area contributed by atoms with Crippen molar-refractivity contribution >= 4 is 5.78 Å². The van der Waals surface area contributed by atoms with E-state index in [-0.39, 0.29) is 0 Å². The maximum absolute atomic E-state index is 12.0. The molecule has 1 nitrogen and oxygen atoms in total. The molecule has 1 heteroatoms. The number of benzene rings is 1. The summed E-state index contributed by atoms with van der Waals surface area (Å²) in [7, 11) is 0. The van der Waals surface area contributed by atoms with Crippen LogP contribution in [0.1, 0.15) is 59.7 Å². The zero-order valence-electron chi connectivity index (χ0n) is 10.9. The largest absolute Gasteiger partial charge is 0.294 e. The van der Waals surface area contributed by atoms with Crippen LogP contribution in [-0.2, 0) is 0 Å². The zero-order valence-corrected chi connectivity index (χ0v) is 10.9. The number of aryl methyl sites for hydroxylation is 1. The summed E-state index contributed by atoms with van der Waals surface area (Å²) in [6.45, 7) is 8.39. The second-order valence-corrected chi connectivity index (χ2v) is 4.56. The highest BCUT2D eigenvalue weighted by molar-refractivity contribution is 5.97. The van der Waals surface area contributed by atoms with Gasteiger partial charge in [0.1, 0.15) is 0 Å². The molecule has 0 fully saturated rings. The van der Waals surface area contributed by atoms with E-state index >= 15 is 0 Å². The van der Waals surface area contributed by atoms with Gasteiger partial charge in [-0.15, -0.1) is 0 Å². The number of ketones is 1. The lowest BCUT2D eigenvalue weighted by Gasteiger charge is -2.10. The normalized spacial score (nSPS) is 10.5. The van der Waals surface area contributed by atoms with E-state index in [0.717, 1.165) is 24.0 Å². The monoisotopic (exact) mass is 218 g/mol. The molecule has 1 rings (SSSR count). The lowest BCUT2D eigenvalue weighted by atomic mass is 9.94.